The summed E-state index contributed by atoms with van der Waals surface area (Å²) < 4.78 is 18.9. The quantitative estimate of drug-likeness (QED) is 0.924. The van der Waals surface area contributed by atoms with Crippen molar-refractivity contribution in [2.45, 2.75) is 32.8 Å². The molecule has 100 valence electrons. The first kappa shape index (κ1) is 15.0. The van der Waals surface area contributed by atoms with Crippen LogP contribution in [0, 0.1) is 5.82 Å². The standard InChI is InChI=1S/C13H17BrFNO2/c1-13(2,3)18-12(17)16-5-4-9-6-10(14)8-11(15)7-9/h6-8H,4-5H2,1-3H3,(H,16,17). The molecule has 0 aliphatic heterocycles. The van der Waals surface area contributed by atoms with Gasteiger partial charge >= 0.3 is 6.09 Å². The van der Waals surface area contributed by atoms with Crippen LogP contribution in [0.2, 0.25) is 0 Å². The van der Waals surface area contributed by atoms with E-state index < -0.39 is 11.7 Å². The van der Waals surface area contributed by atoms with E-state index in [0.717, 1.165) is 5.56 Å². The van der Waals surface area contributed by atoms with Crippen molar-refractivity contribution in [3.63, 3.8) is 0 Å². The van der Waals surface area contributed by atoms with Gasteiger partial charge in [0.15, 0.2) is 0 Å². The Balaban J connectivity index is 2.40. The van der Waals surface area contributed by atoms with E-state index in [1.807, 2.05) is 6.07 Å². The van der Waals surface area contributed by atoms with Crippen molar-refractivity contribution in [1.82, 2.24) is 5.32 Å². The van der Waals surface area contributed by atoms with Gasteiger partial charge in [0.2, 0.25) is 0 Å². The lowest BCUT2D eigenvalue weighted by atomic mass is 10.1. The molecule has 1 rings (SSSR count). The van der Waals surface area contributed by atoms with Crippen LogP contribution in [-0.2, 0) is 11.2 Å². The second-order valence-electron chi connectivity index (χ2n) is 4.96. The van der Waals surface area contributed by atoms with Gasteiger partial charge in [-0.1, -0.05) is 15.9 Å². The minimum absolute atomic E-state index is 0.295. The summed E-state index contributed by atoms with van der Waals surface area (Å²) in [5, 5.41) is 2.63. The van der Waals surface area contributed by atoms with Gasteiger partial charge in [0, 0.05) is 11.0 Å². The van der Waals surface area contributed by atoms with E-state index in [1.165, 1.54) is 12.1 Å². The Morgan fingerprint density at radius 3 is 2.61 bits per heavy atom. The zero-order valence-corrected chi connectivity index (χ0v) is 12.3. The first-order valence-corrected chi connectivity index (χ1v) is 6.47. The van der Waals surface area contributed by atoms with Crippen LogP contribution >= 0.6 is 15.9 Å². The number of carbonyl (C=O) groups excluding carboxylic acids is 1. The molecule has 0 atom stereocenters. The van der Waals surface area contributed by atoms with Crippen molar-refractivity contribution in [2.75, 3.05) is 6.54 Å². The van der Waals surface area contributed by atoms with Gasteiger partial charge < -0.3 is 10.1 Å². The van der Waals surface area contributed by atoms with Crippen LogP contribution in [0.15, 0.2) is 22.7 Å². The van der Waals surface area contributed by atoms with Crippen molar-refractivity contribution >= 4 is 22.0 Å². The van der Waals surface area contributed by atoms with Crippen LogP contribution in [0.3, 0.4) is 0 Å². The maximum absolute atomic E-state index is 13.1. The Morgan fingerprint density at radius 2 is 2.06 bits per heavy atom. The number of halogens is 2. The summed E-state index contributed by atoms with van der Waals surface area (Å²) in [6.45, 7) is 5.81. The molecule has 5 heteroatoms. The fourth-order valence-corrected chi connectivity index (χ4v) is 1.89. The molecular formula is C13H17BrFNO2. The number of hydrogen-bond acceptors (Lipinski definition) is 2. The zero-order valence-electron chi connectivity index (χ0n) is 10.7. The Kier molecular flexibility index (Phi) is 5.14. The predicted octanol–water partition coefficient (Wildman–Crippen LogP) is 3.66. The molecule has 18 heavy (non-hydrogen) atoms. The summed E-state index contributed by atoms with van der Waals surface area (Å²) >= 11 is 3.22. The number of hydrogen-bond donors (Lipinski definition) is 1. The zero-order chi connectivity index (χ0) is 13.8. The third-order valence-electron chi connectivity index (χ3n) is 2.00. The summed E-state index contributed by atoms with van der Waals surface area (Å²) in [5.74, 6) is -0.295. The summed E-state index contributed by atoms with van der Waals surface area (Å²) in [7, 11) is 0. The van der Waals surface area contributed by atoms with Gasteiger partial charge in [-0.15, -0.1) is 0 Å². The largest absolute Gasteiger partial charge is 0.444 e. The Morgan fingerprint density at radius 1 is 1.39 bits per heavy atom. The summed E-state index contributed by atoms with van der Waals surface area (Å²) in [5.41, 5.74) is 0.310. The van der Waals surface area contributed by atoms with Gasteiger partial charge in [-0.3, -0.25) is 0 Å². The molecule has 1 amide bonds. The maximum Gasteiger partial charge on any atom is 0.407 e. The van der Waals surface area contributed by atoms with Gasteiger partial charge in [0.1, 0.15) is 11.4 Å². The van der Waals surface area contributed by atoms with Crippen molar-refractivity contribution in [1.29, 1.82) is 0 Å². The number of amides is 1. The average molecular weight is 318 g/mol. The fourth-order valence-electron chi connectivity index (χ4n) is 1.38. The summed E-state index contributed by atoms with van der Waals surface area (Å²) in [6.07, 6.45) is 0.0910. The molecule has 0 radical (unpaired) electrons. The molecule has 0 aliphatic carbocycles. The highest BCUT2D eigenvalue weighted by molar-refractivity contribution is 9.10. The minimum Gasteiger partial charge on any atom is -0.444 e. The van der Waals surface area contributed by atoms with Gasteiger partial charge in [-0.25, -0.2) is 9.18 Å². The van der Waals surface area contributed by atoms with E-state index in [-0.39, 0.29) is 5.82 Å². The number of benzene rings is 1. The molecule has 1 N–H and O–H groups in total. The number of rotatable bonds is 3. The second-order valence-corrected chi connectivity index (χ2v) is 5.87. The molecule has 0 bridgehead atoms. The van der Waals surface area contributed by atoms with Gasteiger partial charge in [0.25, 0.3) is 0 Å². The normalized spacial score (nSPS) is 11.2. The molecular weight excluding hydrogens is 301 g/mol. The lowest BCUT2D eigenvalue weighted by Crippen LogP contribution is -2.33. The van der Waals surface area contributed by atoms with E-state index in [2.05, 4.69) is 21.2 Å². The Bertz CT molecular complexity index is 409. The molecule has 0 saturated heterocycles. The maximum atomic E-state index is 13.1. The first-order chi connectivity index (χ1) is 8.26. The molecule has 0 unspecified atom stereocenters. The van der Waals surface area contributed by atoms with Crippen LogP contribution < -0.4 is 5.32 Å². The van der Waals surface area contributed by atoms with Gasteiger partial charge in [-0.2, -0.15) is 0 Å². The Hall–Kier alpha value is -1.10. The van der Waals surface area contributed by atoms with E-state index in [1.54, 1.807) is 20.8 Å². The molecule has 3 nitrogen and oxygen atoms in total. The molecule has 0 aromatic heterocycles. The number of ether oxygens (including phenoxy) is 1. The van der Waals surface area contributed by atoms with Gasteiger partial charge in [-0.05, 0) is 51.0 Å². The van der Waals surface area contributed by atoms with Crippen molar-refractivity contribution in [2.24, 2.45) is 0 Å². The van der Waals surface area contributed by atoms with Crippen LogP contribution in [0.1, 0.15) is 26.3 Å². The highest BCUT2D eigenvalue weighted by atomic mass is 79.9. The molecule has 0 fully saturated rings. The van der Waals surface area contributed by atoms with E-state index >= 15 is 0 Å². The topological polar surface area (TPSA) is 38.3 Å². The molecule has 1 aromatic rings. The highest BCUT2D eigenvalue weighted by Gasteiger charge is 2.15. The predicted molar refractivity (Wildman–Crippen MR) is 72.0 cm³/mol. The highest BCUT2D eigenvalue weighted by Crippen LogP contribution is 2.15. The van der Waals surface area contributed by atoms with Crippen LogP contribution in [-0.4, -0.2) is 18.2 Å². The monoisotopic (exact) mass is 317 g/mol. The fraction of sp³-hybridized carbons (Fsp3) is 0.462. The van der Waals surface area contributed by atoms with Crippen molar-refractivity contribution < 1.29 is 13.9 Å². The second kappa shape index (κ2) is 6.18. The summed E-state index contributed by atoms with van der Waals surface area (Å²) in [6, 6.07) is 4.66. The third-order valence-corrected chi connectivity index (χ3v) is 2.46. The number of alkyl carbamates (subject to hydrolysis) is 1. The van der Waals surface area contributed by atoms with E-state index in [9.17, 15) is 9.18 Å². The van der Waals surface area contributed by atoms with Crippen molar-refractivity contribution in [3.8, 4) is 0 Å². The number of nitrogens with one attached hydrogen (secondary N) is 1. The van der Waals surface area contributed by atoms with Gasteiger partial charge in [0.05, 0.1) is 0 Å². The smallest absolute Gasteiger partial charge is 0.407 e. The van der Waals surface area contributed by atoms with Crippen LogP contribution in [0.5, 0.6) is 0 Å². The number of carbonyl (C=O) groups is 1. The average Bonchev–Trinajstić information content (AvgIpc) is 2.12. The molecule has 0 heterocycles. The molecule has 0 saturated carbocycles. The SMILES string of the molecule is CC(C)(C)OC(=O)NCCc1cc(F)cc(Br)c1. The van der Waals surface area contributed by atoms with Crippen LogP contribution in [0.25, 0.3) is 0 Å². The first-order valence-electron chi connectivity index (χ1n) is 5.68. The molecule has 1 aromatic carbocycles. The lowest BCUT2D eigenvalue weighted by Gasteiger charge is -2.19. The Labute approximate surface area is 115 Å². The van der Waals surface area contributed by atoms with Crippen molar-refractivity contribution in [3.05, 3.63) is 34.1 Å². The molecule has 0 spiro atoms. The molecule has 0 aliphatic rings. The lowest BCUT2D eigenvalue weighted by molar-refractivity contribution is 0.0528. The minimum atomic E-state index is -0.508. The van der Waals surface area contributed by atoms with Crippen LogP contribution in [0.4, 0.5) is 9.18 Å². The third kappa shape index (κ3) is 6.00. The van der Waals surface area contributed by atoms with E-state index in [4.69, 9.17) is 4.74 Å². The summed E-state index contributed by atoms with van der Waals surface area (Å²) in [4.78, 5) is 11.4. The van der Waals surface area contributed by atoms with E-state index in [0.29, 0.717) is 17.4 Å².